The molecule has 3 heteroatoms. The Bertz CT molecular complexity index is 748. The lowest BCUT2D eigenvalue weighted by Gasteiger charge is -2.21. The van der Waals surface area contributed by atoms with E-state index in [9.17, 15) is 4.79 Å². The molecule has 2 aromatic rings. The molecule has 0 atom stereocenters. The average molecular weight is 359 g/mol. The first kappa shape index (κ1) is 19.5. The highest BCUT2D eigenvalue weighted by molar-refractivity contribution is 6.30. The number of carbonyl (C=O) groups is 1. The number of esters is 1. The van der Waals surface area contributed by atoms with Crippen LogP contribution in [0.4, 0.5) is 0 Å². The SMILES string of the molecule is CCOC(=O)Cc1cc(C(C)C)cc(C(C)C)c1-c1cccc(Cl)c1. The van der Waals surface area contributed by atoms with Crippen LogP contribution >= 0.6 is 11.6 Å². The van der Waals surface area contributed by atoms with E-state index in [1.807, 2.05) is 25.1 Å². The molecule has 0 aliphatic rings. The van der Waals surface area contributed by atoms with Gasteiger partial charge in [0.15, 0.2) is 0 Å². The Hall–Kier alpha value is -1.80. The molecule has 2 nitrogen and oxygen atoms in total. The molecule has 134 valence electrons. The normalized spacial score (nSPS) is 11.2. The third kappa shape index (κ3) is 4.85. The smallest absolute Gasteiger partial charge is 0.310 e. The minimum absolute atomic E-state index is 0.193. The van der Waals surface area contributed by atoms with E-state index in [1.54, 1.807) is 0 Å². The number of benzene rings is 2. The third-order valence-electron chi connectivity index (χ3n) is 4.31. The van der Waals surface area contributed by atoms with Gasteiger partial charge >= 0.3 is 5.97 Å². The Kier molecular flexibility index (Phi) is 6.66. The molecule has 25 heavy (non-hydrogen) atoms. The van der Waals surface area contributed by atoms with Crippen LogP contribution < -0.4 is 0 Å². The van der Waals surface area contributed by atoms with Crippen molar-refractivity contribution in [1.82, 2.24) is 0 Å². The maximum absolute atomic E-state index is 12.2. The summed E-state index contributed by atoms with van der Waals surface area (Å²) in [6.07, 6.45) is 0.274. The zero-order valence-electron chi connectivity index (χ0n) is 15.7. The van der Waals surface area contributed by atoms with Crippen molar-refractivity contribution in [3.8, 4) is 11.1 Å². The van der Waals surface area contributed by atoms with Crippen LogP contribution in [0.2, 0.25) is 5.02 Å². The van der Waals surface area contributed by atoms with Crippen LogP contribution in [0.25, 0.3) is 11.1 Å². The van der Waals surface area contributed by atoms with Crippen LogP contribution in [-0.2, 0) is 16.0 Å². The Morgan fingerprint density at radius 1 is 1.08 bits per heavy atom. The van der Waals surface area contributed by atoms with Crippen LogP contribution in [0.15, 0.2) is 36.4 Å². The second-order valence-corrected chi connectivity index (χ2v) is 7.38. The molecule has 0 aliphatic carbocycles. The van der Waals surface area contributed by atoms with Gasteiger partial charge in [0.1, 0.15) is 0 Å². The predicted octanol–water partition coefficient (Wildman–Crippen LogP) is 6.36. The molecule has 0 amide bonds. The Balaban J connectivity index is 2.69. The van der Waals surface area contributed by atoms with Gasteiger partial charge < -0.3 is 4.74 Å². The standard InChI is InChI=1S/C22H27ClO2/c1-6-25-21(24)13-18-10-17(14(2)3)12-20(15(4)5)22(18)16-8-7-9-19(23)11-16/h7-12,14-15H,6,13H2,1-5H3. The van der Waals surface area contributed by atoms with Crippen molar-refractivity contribution in [3.63, 3.8) is 0 Å². The number of halogens is 1. The zero-order valence-corrected chi connectivity index (χ0v) is 16.5. The van der Waals surface area contributed by atoms with Gasteiger partial charge in [-0.3, -0.25) is 4.79 Å². The molecule has 0 aromatic heterocycles. The minimum Gasteiger partial charge on any atom is -0.466 e. The summed E-state index contributed by atoms with van der Waals surface area (Å²) >= 11 is 6.22. The van der Waals surface area contributed by atoms with Crippen molar-refractivity contribution in [3.05, 3.63) is 58.1 Å². The summed E-state index contributed by atoms with van der Waals surface area (Å²) < 4.78 is 5.20. The van der Waals surface area contributed by atoms with Crippen LogP contribution in [0.5, 0.6) is 0 Å². The van der Waals surface area contributed by atoms with Crippen LogP contribution in [-0.4, -0.2) is 12.6 Å². The van der Waals surface area contributed by atoms with E-state index in [-0.39, 0.29) is 12.4 Å². The monoisotopic (exact) mass is 358 g/mol. The second kappa shape index (κ2) is 8.53. The minimum atomic E-state index is -0.193. The highest BCUT2D eigenvalue weighted by Crippen LogP contribution is 2.36. The average Bonchev–Trinajstić information content (AvgIpc) is 2.54. The first-order valence-electron chi connectivity index (χ1n) is 8.91. The zero-order chi connectivity index (χ0) is 18.6. The molecule has 0 aliphatic heterocycles. The number of hydrogen-bond acceptors (Lipinski definition) is 2. The van der Waals surface area contributed by atoms with Crippen LogP contribution in [0.1, 0.15) is 63.1 Å². The van der Waals surface area contributed by atoms with E-state index in [1.165, 1.54) is 11.1 Å². The van der Waals surface area contributed by atoms with Crippen LogP contribution in [0, 0.1) is 0 Å². The number of carbonyl (C=O) groups excluding carboxylic acids is 1. The maximum Gasteiger partial charge on any atom is 0.310 e. The molecule has 2 aromatic carbocycles. The van der Waals surface area contributed by atoms with E-state index in [2.05, 4.69) is 45.9 Å². The van der Waals surface area contributed by atoms with Crippen molar-refractivity contribution >= 4 is 17.6 Å². The largest absolute Gasteiger partial charge is 0.466 e. The summed E-state index contributed by atoms with van der Waals surface area (Å²) in [7, 11) is 0. The summed E-state index contributed by atoms with van der Waals surface area (Å²) in [6, 6.07) is 12.2. The number of hydrogen-bond donors (Lipinski definition) is 0. The van der Waals surface area contributed by atoms with Crippen LogP contribution in [0.3, 0.4) is 0 Å². The van der Waals surface area contributed by atoms with Gasteiger partial charge in [-0.05, 0) is 58.7 Å². The second-order valence-electron chi connectivity index (χ2n) is 6.95. The molecule has 0 fully saturated rings. The molecule has 0 saturated carbocycles. The molecule has 0 saturated heterocycles. The van der Waals surface area contributed by atoms with Gasteiger partial charge in [-0.2, -0.15) is 0 Å². The fraction of sp³-hybridized carbons (Fsp3) is 0.409. The first-order chi connectivity index (χ1) is 11.8. The molecule has 0 heterocycles. The lowest BCUT2D eigenvalue weighted by molar-refractivity contribution is -0.142. The summed E-state index contributed by atoms with van der Waals surface area (Å²) in [5.74, 6) is 0.543. The van der Waals surface area contributed by atoms with Gasteiger partial charge in [-0.1, -0.05) is 63.6 Å². The molecule has 0 unspecified atom stereocenters. The number of rotatable bonds is 6. The summed E-state index contributed by atoms with van der Waals surface area (Å²) in [4.78, 5) is 12.2. The van der Waals surface area contributed by atoms with E-state index < -0.39 is 0 Å². The molecule has 0 bridgehead atoms. The molecule has 0 radical (unpaired) electrons. The van der Waals surface area contributed by atoms with Gasteiger partial charge in [-0.25, -0.2) is 0 Å². The van der Waals surface area contributed by atoms with Crippen molar-refractivity contribution in [2.75, 3.05) is 6.61 Å². The van der Waals surface area contributed by atoms with Crippen molar-refractivity contribution in [1.29, 1.82) is 0 Å². The molecular formula is C22H27ClO2. The molecular weight excluding hydrogens is 332 g/mol. The summed E-state index contributed by atoms with van der Waals surface area (Å²) in [5.41, 5.74) is 5.65. The van der Waals surface area contributed by atoms with Gasteiger partial charge in [0.05, 0.1) is 13.0 Å². The third-order valence-corrected chi connectivity index (χ3v) is 4.55. The van der Waals surface area contributed by atoms with Gasteiger partial charge in [-0.15, -0.1) is 0 Å². The maximum atomic E-state index is 12.2. The predicted molar refractivity (Wildman–Crippen MR) is 105 cm³/mol. The van der Waals surface area contributed by atoms with Crippen molar-refractivity contribution in [2.24, 2.45) is 0 Å². The highest BCUT2D eigenvalue weighted by atomic mass is 35.5. The van der Waals surface area contributed by atoms with Crippen molar-refractivity contribution in [2.45, 2.75) is 52.9 Å². The molecule has 0 N–H and O–H groups in total. The molecule has 2 rings (SSSR count). The first-order valence-corrected chi connectivity index (χ1v) is 9.29. The summed E-state index contributed by atoms with van der Waals surface area (Å²) in [6.45, 7) is 10.9. The number of ether oxygens (including phenoxy) is 1. The lowest BCUT2D eigenvalue weighted by Crippen LogP contribution is -2.11. The fourth-order valence-corrected chi connectivity index (χ4v) is 3.23. The van der Waals surface area contributed by atoms with E-state index >= 15 is 0 Å². The van der Waals surface area contributed by atoms with Crippen molar-refractivity contribution < 1.29 is 9.53 Å². The van der Waals surface area contributed by atoms with E-state index in [4.69, 9.17) is 16.3 Å². The topological polar surface area (TPSA) is 26.3 Å². The lowest BCUT2D eigenvalue weighted by atomic mass is 9.84. The van der Waals surface area contributed by atoms with Gasteiger partial charge in [0.2, 0.25) is 0 Å². The molecule has 0 spiro atoms. The van der Waals surface area contributed by atoms with Gasteiger partial charge in [0, 0.05) is 5.02 Å². The summed E-state index contributed by atoms with van der Waals surface area (Å²) in [5, 5.41) is 0.697. The fourth-order valence-electron chi connectivity index (χ4n) is 3.04. The van der Waals surface area contributed by atoms with E-state index in [0.29, 0.717) is 23.5 Å². The van der Waals surface area contributed by atoms with E-state index in [0.717, 1.165) is 16.7 Å². The quantitative estimate of drug-likeness (QED) is 0.561. The Morgan fingerprint density at radius 3 is 2.36 bits per heavy atom. The Labute approximate surface area is 156 Å². The Morgan fingerprint density at radius 2 is 1.80 bits per heavy atom. The highest BCUT2D eigenvalue weighted by Gasteiger charge is 2.19. The van der Waals surface area contributed by atoms with Gasteiger partial charge in [0.25, 0.3) is 0 Å².